The topological polar surface area (TPSA) is 52.1 Å². The van der Waals surface area contributed by atoms with E-state index in [1.807, 2.05) is 0 Å². The van der Waals surface area contributed by atoms with Crippen molar-refractivity contribution in [1.29, 1.82) is 0 Å². The van der Waals surface area contributed by atoms with Crippen molar-refractivity contribution in [3.05, 3.63) is 0 Å². The number of rotatable bonds is 10. The van der Waals surface area contributed by atoms with E-state index in [1.165, 1.54) is 12.8 Å². The van der Waals surface area contributed by atoms with Crippen molar-refractivity contribution < 1.29 is 4.74 Å². The van der Waals surface area contributed by atoms with Crippen LogP contribution in [0.3, 0.4) is 0 Å². The predicted octanol–water partition coefficient (Wildman–Crippen LogP) is 2.00. The van der Waals surface area contributed by atoms with Crippen molar-refractivity contribution in [2.24, 2.45) is 10.9 Å². The SMILES string of the molecule is CCNC(=NCC1CN(CC(C)C)CCO1)NCCN(CC)C1CC1.I. The lowest BCUT2D eigenvalue weighted by Crippen LogP contribution is -2.46. The first-order valence-electron chi connectivity index (χ1n) is 10.2. The first-order valence-corrected chi connectivity index (χ1v) is 10.2. The molecule has 0 spiro atoms. The zero-order valence-electron chi connectivity index (χ0n) is 17.2. The largest absolute Gasteiger partial charge is 0.374 e. The van der Waals surface area contributed by atoms with Crippen LogP contribution in [0.4, 0.5) is 0 Å². The Kier molecular flexibility index (Phi) is 12.1. The average Bonchev–Trinajstić information content (AvgIpc) is 3.41. The number of hydrogen-bond donors (Lipinski definition) is 2. The van der Waals surface area contributed by atoms with Crippen LogP contribution in [0.15, 0.2) is 4.99 Å². The van der Waals surface area contributed by atoms with Gasteiger partial charge >= 0.3 is 0 Å². The molecule has 154 valence electrons. The summed E-state index contributed by atoms with van der Waals surface area (Å²) in [4.78, 5) is 9.82. The van der Waals surface area contributed by atoms with Crippen LogP contribution in [0.5, 0.6) is 0 Å². The Balaban J connectivity index is 0.00000338. The fourth-order valence-electron chi connectivity index (χ4n) is 3.46. The number of halogens is 1. The highest BCUT2D eigenvalue weighted by molar-refractivity contribution is 14.0. The maximum Gasteiger partial charge on any atom is 0.191 e. The second kappa shape index (κ2) is 13.1. The fourth-order valence-corrected chi connectivity index (χ4v) is 3.46. The fraction of sp³-hybridized carbons (Fsp3) is 0.947. The lowest BCUT2D eigenvalue weighted by Gasteiger charge is -2.33. The molecule has 2 fully saturated rings. The van der Waals surface area contributed by atoms with Gasteiger partial charge in [-0.2, -0.15) is 0 Å². The number of nitrogens with zero attached hydrogens (tertiary/aromatic N) is 3. The van der Waals surface area contributed by atoms with Gasteiger partial charge in [-0.05, 0) is 32.2 Å². The Morgan fingerprint density at radius 3 is 2.65 bits per heavy atom. The molecule has 1 aliphatic heterocycles. The second-order valence-electron chi connectivity index (χ2n) is 7.65. The molecule has 1 saturated heterocycles. The van der Waals surface area contributed by atoms with E-state index >= 15 is 0 Å². The van der Waals surface area contributed by atoms with Gasteiger partial charge in [0.2, 0.25) is 0 Å². The Morgan fingerprint density at radius 1 is 1.27 bits per heavy atom. The van der Waals surface area contributed by atoms with Crippen LogP contribution in [-0.4, -0.2) is 86.9 Å². The van der Waals surface area contributed by atoms with Gasteiger partial charge in [-0.1, -0.05) is 20.8 Å². The molecule has 2 rings (SSSR count). The number of ether oxygens (including phenoxy) is 1. The van der Waals surface area contributed by atoms with Crippen LogP contribution < -0.4 is 10.6 Å². The lowest BCUT2D eigenvalue weighted by atomic mass is 10.2. The molecule has 26 heavy (non-hydrogen) atoms. The van der Waals surface area contributed by atoms with Gasteiger partial charge in [0.1, 0.15) is 0 Å². The zero-order valence-corrected chi connectivity index (χ0v) is 19.5. The number of aliphatic imine (C=N–C) groups is 1. The molecular formula is C19H40IN5O. The highest BCUT2D eigenvalue weighted by atomic mass is 127. The Hall–Kier alpha value is -0.120. The summed E-state index contributed by atoms with van der Waals surface area (Å²) in [6, 6.07) is 0.828. The van der Waals surface area contributed by atoms with E-state index < -0.39 is 0 Å². The molecule has 1 unspecified atom stereocenters. The van der Waals surface area contributed by atoms with Crippen LogP contribution in [0, 0.1) is 5.92 Å². The highest BCUT2D eigenvalue weighted by Gasteiger charge is 2.27. The highest BCUT2D eigenvalue weighted by Crippen LogP contribution is 2.25. The average molecular weight is 481 g/mol. The molecule has 6 nitrogen and oxygen atoms in total. The third-order valence-electron chi connectivity index (χ3n) is 4.80. The van der Waals surface area contributed by atoms with E-state index in [0.717, 1.165) is 71.0 Å². The van der Waals surface area contributed by atoms with Gasteiger partial charge in [0.15, 0.2) is 5.96 Å². The van der Waals surface area contributed by atoms with E-state index in [9.17, 15) is 0 Å². The van der Waals surface area contributed by atoms with Crippen molar-refractivity contribution in [3.8, 4) is 0 Å². The van der Waals surface area contributed by atoms with Gasteiger partial charge in [0, 0.05) is 45.3 Å². The summed E-state index contributed by atoms with van der Waals surface area (Å²) in [5, 5.41) is 6.83. The van der Waals surface area contributed by atoms with Crippen molar-refractivity contribution in [1.82, 2.24) is 20.4 Å². The first kappa shape index (κ1) is 23.9. The van der Waals surface area contributed by atoms with Gasteiger partial charge in [-0.25, -0.2) is 0 Å². The zero-order chi connectivity index (χ0) is 18.1. The second-order valence-corrected chi connectivity index (χ2v) is 7.65. The van der Waals surface area contributed by atoms with Crippen molar-refractivity contribution in [2.45, 2.75) is 52.7 Å². The molecule has 2 aliphatic rings. The van der Waals surface area contributed by atoms with E-state index in [2.05, 4.69) is 48.1 Å². The third-order valence-corrected chi connectivity index (χ3v) is 4.80. The molecule has 0 aromatic rings. The minimum Gasteiger partial charge on any atom is -0.374 e. The summed E-state index contributed by atoms with van der Waals surface area (Å²) in [5.41, 5.74) is 0. The van der Waals surface area contributed by atoms with E-state index in [0.29, 0.717) is 5.92 Å². The monoisotopic (exact) mass is 481 g/mol. The maximum atomic E-state index is 5.91. The van der Waals surface area contributed by atoms with Crippen molar-refractivity contribution in [3.63, 3.8) is 0 Å². The van der Waals surface area contributed by atoms with Gasteiger partial charge in [-0.3, -0.25) is 14.8 Å². The minimum absolute atomic E-state index is 0. The smallest absolute Gasteiger partial charge is 0.191 e. The van der Waals surface area contributed by atoms with Gasteiger partial charge in [-0.15, -0.1) is 24.0 Å². The molecular weight excluding hydrogens is 441 g/mol. The minimum atomic E-state index is 0. The van der Waals surface area contributed by atoms with E-state index in [-0.39, 0.29) is 30.1 Å². The number of guanidine groups is 1. The molecule has 0 radical (unpaired) electrons. The van der Waals surface area contributed by atoms with E-state index in [1.54, 1.807) is 0 Å². The number of likely N-dealkylation sites (N-methyl/N-ethyl adjacent to an activating group) is 1. The summed E-state index contributed by atoms with van der Waals surface area (Å²) in [6.07, 6.45) is 2.95. The third kappa shape index (κ3) is 9.19. The predicted molar refractivity (Wildman–Crippen MR) is 121 cm³/mol. The molecule has 1 atom stereocenters. The number of morpholine rings is 1. The molecule has 7 heteroatoms. The molecule has 0 aromatic carbocycles. The molecule has 0 bridgehead atoms. The summed E-state index contributed by atoms with van der Waals surface area (Å²) in [7, 11) is 0. The van der Waals surface area contributed by atoms with Gasteiger partial charge in [0.25, 0.3) is 0 Å². The molecule has 2 N–H and O–H groups in total. The van der Waals surface area contributed by atoms with Gasteiger partial charge in [0.05, 0.1) is 19.3 Å². The van der Waals surface area contributed by atoms with Gasteiger partial charge < -0.3 is 15.4 Å². The summed E-state index contributed by atoms with van der Waals surface area (Å²) >= 11 is 0. The standard InChI is InChI=1S/C19H39N5O.HI/c1-5-20-19(21-9-10-24(6-2)17-7-8-17)22-13-18-15-23(11-12-25-18)14-16(3)4;/h16-18H,5-15H2,1-4H3,(H2,20,21,22);1H. The molecule has 1 saturated carbocycles. The lowest BCUT2D eigenvalue weighted by molar-refractivity contribution is -0.0261. The Bertz CT molecular complexity index is 403. The van der Waals surface area contributed by atoms with Crippen LogP contribution in [-0.2, 0) is 4.74 Å². The van der Waals surface area contributed by atoms with Crippen LogP contribution in [0.2, 0.25) is 0 Å². The normalized spacial score (nSPS) is 21.8. The quantitative estimate of drug-likeness (QED) is 0.284. The summed E-state index contributed by atoms with van der Waals surface area (Å²) < 4.78 is 5.91. The van der Waals surface area contributed by atoms with Crippen LogP contribution in [0.25, 0.3) is 0 Å². The summed E-state index contributed by atoms with van der Waals surface area (Å²) in [6.45, 7) is 17.7. The van der Waals surface area contributed by atoms with Crippen LogP contribution in [0.1, 0.15) is 40.5 Å². The van der Waals surface area contributed by atoms with Crippen LogP contribution >= 0.6 is 24.0 Å². The maximum absolute atomic E-state index is 5.91. The molecule has 0 amide bonds. The number of nitrogens with one attached hydrogen (secondary N) is 2. The van der Waals surface area contributed by atoms with E-state index in [4.69, 9.17) is 9.73 Å². The van der Waals surface area contributed by atoms with Crippen molar-refractivity contribution in [2.75, 3.05) is 59.0 Å². The molecule has 1 heterocycles. The Morgan fingerprint density at radius 2 is 2.04 bits per heavy atom. The molecule has 0 aromatic heterocycles. The summed E-state index contributed by atoms with van der Waals surface area (Å²) in [5.74, 6) is 1.62. The number of hydrogen-bond acceptors (Lipinski definition) is 4. The first-order chi connectivity index (χ1) is 12.1. The van der Waals surface area contributed by atoms with Crippen molar-refractivity contribution >= 4 is 29.9 Å². The Labute approximate surface area is 177 Å². The molecule has 1 aliphatic carbocycles.